The molecule has 2 heterocycles. The van der Waals surface area contributed by atoms with Crippen molar-refractivity contribution in [1.82, 2.24) is 15.2 Å². The Kier molecular flexibility index (Phi) is 4.05. The second kappa shape index (κ2) is 5.97. The van der Waals surface area contributed by atoms with Crippen LogP contribution in [0.3, 0.4) is 0 Å². The third-order valence-electron chi connectivity index (χ3n) is 4.14. The molecule has 21 heavy (non-hydrogen) atoms. The monoisotopic (exact) mass is 286 g/mol. The van der Waals surface area contributed by atoms with Crippen LogP contribution in [0.1, 0.15) is 28.6 Å². The number of hydrogen-bond donors (Lipinski definition) is 2. The van der Waals surface area contributed by atoms with E-state index in [9.17, 15) is 0 Å². The smallest absolute Gasteiger partial charge is 0.0997 e. The molecule has 5 nitrogen and oxygen atoms in total. The third-order valence-corrected chi connectivity index (χ3v) is 4.14. The number of aromatic nitrogens is 2. The summed E-state index contributed by atoms with van der Waals surface area (Å²) in [6.45, 7) is 2.74. The Bertz CT molecular complexity index is 622. The van der Waals surface area contributed by atoms with Gasteiger partial charge in [0.25, 0.3) is 0 Å². The third kappa shape index (κ3) is 2.85. The molecule has 0 spiro atoms. The molecule has 0 saturated heterocycles. The molecular formula is C16H22N4O. The fourth-order valence-corrected chi connectivity index (χ4v) is 3.09. The fraction of sp³-hybridized carbons (Fsp3) is 0.438. The lowest BCUT2D eigenvalue weighted by molar-refractivity contribution is 0.0150. The first-order valence-corrected chi connectivity index (χ1v) is 7.34. The molecule has 0 radical (unpaired) electrons. The Morgan fingerprint density at radius 1 is 1.48 bits per heavy atom. The van der Waals surface area contributed by atoms with Gasteiger partial charge >= 0.3 is 0 Å². The van der Waals surface area contributed by atoms with E-state index in [1.54, 1.807) is 0 Å². The largest absolute Gasteiger partial charge is 0.371 e. The van der Waals surface area contributed by atoms with Crippen LogP contribution in [0.4, 0.5) is 0 Å². The summed E-state index contributed by atoms with van der Waals surface area (Å²) in [5.41, 5.74) is 7.71. The van der Waals surface area contributed by atoms with Crippen molar-refractivity contribution < 1.29 is 4.74 Å². The molecule has 1 aromatic carbocycles. The van der Waals surface area contributed by atoms with Gasteiger partial charge in [0, 0.05) is 19.2 Å². The van der Waals surface area contributed by atoms with Crippen LogP contribution in [-0.4, -0.2) is 22.4 Å². The van der Waals surface area contributed by atoms with Gasteiger partial charge in [-0.15, -0.1) is 0 Å². The van der Waals surface area contributed by atoms with E-state index >= 15 is 0 Å². The highest BCUT2D eigenvalue weighted by Gasteiger charge is 2.29. The van der Waals surface area contributed by atoms with Crippen molar-refractivity contribution in [3.8, 4) is 0 Å². The van der Waals surface area contributed by atoms with E-state index in [4.69, 9.17) is 10.6 Å². The Hall–Kier alpha value is -1.69. The van der Waals surface area contributed by atoms with Crippen LogP contribution < -0.4 is 11.3 Å². The summed E-state index contributed by atoms with van der Waals surface area (Å²) < 4.78 is 7.92. The van der Waals surface area contributed by atoms with Gasteiger partial charge in [-0.05, 0) is 30.5 Å². The zero-order valence-electron chi connectivity index (χ0n) is 12.5. The summed E-state index contributed by atoms with van der Waals surface area (Å²) in [7, 11) is 1.96. The summed E-state index contributed by atoms with van der Waals surface area (Å²) >= 11 is 0. The topological polar surface area (TPSA) is 65.1 Å². The van der Waals surface area contributed by atoms with Crippen LogP contribution in [0.2, 0.25) is 0 Å². The Balaban J connectivity index is 1.86. The molecule has 2 atom stereocenters. The van der Waals surface area contributed by atoms with Crippen molar-refractivity contribution >= 4 is 0 Å². The molecule has 0 fully saturated rings. The second-order valence-corrected chi connectivity index (χ2v) is 5.62. The summed E-state index contributed by atoms with van der Waals surface area (Å²) in [5, 5.41) is 4.40. The van der Waals surface area contributed by atoms with Gasteiger partial charge in [0.2, 0.25) is 0 Å². The first-order valence-electron chi connectivity index (χ1n) is 7.34. The number of nitrogens with two attached hydrogens (primary N) is 1. The van der Waals surface area contributed by atoms with Gasteiger partial charge in [0.05, 0.1) is 24.4 Å². The number of rotatable bonds is 4. The molecule has 5 heteroatoms. The number of nitrogens with one attached hydrogen (secondary N) is 1. The minimum absolute atomic E-state index is 0.0184. The SMILES string of the molecule is Cc1cc(CC(NN)C2OCCc3ccccc32)n(C)n1. The minimum atomic E-state index is -0.0184. The first-order chi connectivity index (χ1) is 10.2. The number of fused-ring (bicyclic) bond motifs is 1. The van der Waals surface area contributed by atoms with E-state index in [0.29, 0.717) is 0 Å². The summed E-state index contributed by atoms with van der Waals surface area (Å²) in [5.74, 6) is 5.81. The van der Waals surface area contributed by atoms with Gasteiger partial charge in [-0.3, -0.25) is 16.0 Å². The maximum atomic E-state index is 6.00. The molecule has 2 aromatic rings. The fourth-order valence-electron chi connectivity index (χ4n) is 3.09. The van der Waals surface area contributed by atoms with Gasteiger partial charge < -0.3 is 4.74 Å². The maximum absolute atomic E-state index is 6.00. The number of benzene rings is 1. The highest BCUT2D eigenvalue weighted by Crippen LogP contribution is 2.30. The summed E-state index contributed by atoms with van der Waals surface area (Å²) in [6, 6.07) is 10.6. The highest BCUT2D eigenvalue weighted by atomic mass is 16.5. The molecule has 112 valence electrons. The average Bonchev–Trinajstić information content (AvgIpc) is 2.82. The molecule has 0 saturated carbocycles. The zero-order chi connectivity index (χ0) is 14.8. The molecule has 3 N–H and O–H groups in total. The molecule has 0 amide bonds. The predicted molar refractivity (Wildman–Crippen MR) is 81.6 cm³/mol. The standard InChI is InChI=1S/C16H22N4O/c1-11-9-13(20(2)19-11)10-15(18-17)16-14-6-4-3-5-12(14)7-8-21-16/h3-6,9,15-16,18H,7-8,10,17H2,1-2H3. The number of ether oxygens (including phenoxy) is 1. The van der Waals surface area contributed by atoms with Crippen molar-refractivity contribution in [2.24, 2.45) is 12.9 Å². The van der Waals surface area contributed by atoms with Crippen molar-refractivity contribution in [2.45, 2.75) is 31.9 Å². The highest BCUT2D eigenvalue weighted by molar-refractivity contribution is 5.32. The Labute approximate surface area is 125 Å². The van der Waals surface area contributed by atoms with Gasteiger partial charge in [-0.2, -0.15) is 5.10 Å². The molecule has 1 aliphatic rings. The van der Waals surface area contributed by atoms with Crippen LogP contribution in [0, 0.1) is 6.92 Å². The van der Waals surface area contributed by atoms with Crippen molar-refractivity contribution in [3.05, 3.63) is 52.8 Å². The van der Waals surface area contributed by atoms with Crippen molar-refractivity contribution in [3.63, 3.8) is 0 Å². The number of hydrogen-bond acceptors (Lipinski definition) is 4. The van der Waals surface area contributed by atoms with Crippen LogP contribution in [0.15, 0.2) is 30.3 Å². The van der Waals surface area contributed by atoms with E-state index in [1.807, 2.05) is 18.7 Å². The van der Waals surface area contributed by atoms with E-state index in [0.717, 1.165) is 30.8 Å². The van der Waals surface area contributed by atoms with Crippen LogP contribution in [0.5, 0.6) is 0 Å². The quantitative estimate of drug-likeness (QED) is 0.659. The van der Waals surface area contributed by atoms with E-state index in [-0.39, 0.29) is 12.1 Å². The van der Waals surface area contributed by atoms with Gasteiger partial charge in [0.15, 0.2) is 0 Å². The summed E-state index contributed by atoms with van der Waals surface area (Å²) in [6.07, 6.45) is 1.73. The van der Waals surface area contributed by atoms with Gasteiger partial charge in [-0.25, -0.2) is 0 Å². The molecule has 0 bridgehead atoms. The van der Waals surface area contributed by atoms with Gasteiger partial charge in [-0.1, -0.05) is 24.3 Å². The summed E-state index contributed by atoms with van der Waals surface area (Å²) in [4.78, 5) is 0. The second-order valence-electron chi connectivity index (χ2n) is 5.62. The molecule has 0 aliphatic carbocycles. The van der Waals surface area contributed by atoms with Crippen LogP contribution >= 0.6 is 0 Å². The lowest BCUT2D eigenvalue weighted by atomic mass is 9.91. The molecule has 1 aromatic heterocycles. The van der Waals surface area contributed by atoms with Crippen LogP contribution in [0.25, 0.3) is 0 Å². The minimum Gasteiger partial charge on any atom is -0.371 e. The predicted octanol–water partition coefficient (Wildman–Crippen LogP) is 1.42. The first kappa shape index (κ1) is 14.3. The lowest BCUT2D eigenvalue weighted by Gasteiger charge is -2.32. The van der Waals surface area contributed by atoms with Crippen molar-refractivity contribution in [2.75, 3.05) is 6.61 Å². The number of aryl methyl sites for hydroxylation is 2. The normalized spacial score (nSPS) is 19.3. The molecule has 1 aliphatic heterocycles. The molecule has 3 rings (SSSR count). The average molecular weight is 286 g/mol. The van der Waals surface area contributed by atoms with Gasteiger partial charge in [0.1, 0.15) is 0 Å². The molecular weight excluding hydrogens is 264 g/mol. The zero-order valence-corrected chi connectivity index (χ0v) is 12.5. The van der Waals surface area contributed by atoms with E-state index in [1.165, 1.54) is 11.1 Å². The lowest BCUT2D eigenvalue weighted by Crippen LogP contribution is -2.44. The van der Waals surface area contributed by atoms with E-state index < -0.39 is 0 Å². The Morgan fingerprint density at radius 3 is 3.00 bits per heavy atom. The van der Waals surface area contributed by atoms with Crippen molar-refractivity contribution in [1.29, 1.82) is 0 Å². The number of hydrazine groups is 1. The maximum Gasteiger partial charge on any atom is 0.0997 e. The van der Waals surface area contributed by atoms with E-state index in [2.05, 4.69) is 40.9 Å². The number of nitrogens with zero attached hydrogens (tertiary/aromatic N) is 2. The Morgan fingerprint density at radius 2 is 2.29 bits per heavy atom. The molecule has 2 unspecified atom stereocenters. The van der Waals surface area contributed by atoms with Crippen LogP contribution in [-0.2, 0) is 24.6 Å².